The van der Waals surface area contributed by atoms with Gasteiger partial charge in [-0.05, 0) is 38.0 Å². The minimum Gasteiger partial charge on any atom is -0.310 e. The van der Waals surface area contributed by atoms with E-state index in [1.165, 1.54) is 12.1 Å². The first-order valence-corrected chi connectivity index (χ1v) is 8.07. The summed E-state index contributed by atoms with van der Waals surface area (Å²) >= 11 is 0. The molecule has 1 aliphatic rings. The number of nitrogens with one attached hydrogen (secondary N) is 1. The number of para-hydroxylation sites is 1. The monoisotopic (exact) mass is 330 g/mol. The van der Waals surface area contributed by atoms with Crippen molar-refractivity contribution in [3.63, 3.8) is 0 Å². The van der Waals surface area contributed by atoms with E-state index in [2.05, 4.69) is 5.32 Å². The van der Waals surface area contributed by atoms with Crippen LogP contribution in [0.5, 0.6) is 0 Å². The molecular formula is C19H20F2N2O. The number of hydrogen-bond donors (Lipinski definition) is 1. The molecule has 3 nitrogen and oxygen atoms in total. The lowest BCUT2D eigenvalue weighted by Crippen LogP contribution is -2.45. The van der Waals surface area contributed by atoms with E-state index in [0.29, 0.717) is 12.1 Å². The number of halogens is 2. The molecule has 0 spiro atoms. The van der Waals surface area contributed by atoms with E-state index < -0.39 is 23.7 Å². The molecule has 1 heterocycles. The molecule has 0 fully saturated rings. The van der Waals surface area contributed by atoms with Gasteiger partial charge in [0.15, 0.2) is 0 Å². The second-order valence-electron chi connectivity index (χ2n) is 6.14. The predicted octanol–water partition coefficient (Wildman–Crippen LogP) is 3.59. The van der Waals surface area contributed by atoms with E-state index >= 15 is 0 Å². The summed E-state index contributed by atoms with van der Waals surface area (Å²) in [6.45, 7) is 4.18. The second-order valence-corrected chi connectivity index (χ2v) is 6.14. The Morgan fingerprint density at radius 2 is 1.92 bits per heavy atom. The molecule has 126 valence electrons. The van der Waals surface area contributed by atoms with E-state index in [9.17, 15) is 13.6 Å². The Hall–Kier alpha value is -2.27. The summed E-state index contributed by atoms with van der Waals surface area (Å²) in [5.74, 6) is -1.27. The predicted molar refractivity (Wildman–Crippen MR) is 89.9 cm³/mol. The second kappa shape index (κ2) is 6.69. The topological polar surface area (TPSA) is 32.3 Å². The molecule has 2 aromatic rings. The SMILES string of the molecule is C[C@H](N[C@H](C)c1ccc(F)cc1F)C(=O)N1CCc2ccccc21. The fraction of sp³-hybridized carbons (Fsp3) is 0.316. The van der Waals surface area contributed by atoms with Gasteiger partial charge in [-0.2, -0.15) is 0 Å². The minimum absolute atomic E-state index is 0.0469. The van der Waals surface area contributed by atoms with E-state index in [1.807, 2.05) is 24.3 Å². The van der Waals surface area contributed by atoms with Gasteiger partial charge >= 0.3 is 0 Å². The molecule has 1 amide bonds. The molecule has 0 bridgehead atoms. The first-order chi connectivity index (χ1) is 11.5. The van der Waals surface area contributed by atoms with Crippen LogP contribution in [0.25, 0.3) is 0 Å². The summed E-state index contributed by atoms with van der Waals surface area (Å²) in [6, 6.07) is 10.5. The van der Waals surface area contributed by atoms with Crippen LogP contribution < -0.4 is 10.2 Å². The number of amides is 1. The quantitative estimate of drug-likeness (QED) is 0.929. The average Bonchev–Trinajstić information content (AvgIpc) is 2.97. The molecule has 5 heteroatoms. The van der Waals surface area contributed by atoms with Crippen LogP contribution in [0.15, 0.2) is 42.5 Å². The number of carbonyl (C=O) groups excluding carboxylic acids is 1. The highest BCUT2D eigenvalue weighted by atomic mass is 19.1. The van der Waals surface area contributed by atoms with Crippen LogP contribution in [0.1, 0.15) is 31.0 Å². The largest absolute Gasteiger partial charge is 0.310 e. The minimum atomic E-state index is -0.610. The number of anilines is 1. The number of rotatable bonds is 4. The fourth-order valence-corrected chi connectivity index (χ4v) is 3.19. The Labute approximate surface area is 140 Å². The third kappa shape index (κ3) is 3.17. The van der Waals surface area contributed by atoms with E-state index in [0.717, 1.165) is 23.7 Å². The molecule has 0 saturated carbocycles. The lowest BCUT2D eigenvalue weighted by Gasteiger charge is -2.25. The van der Waals surface area contributed by atoms with Crippen molar-refractivity contribution in [3.8, 4) is 0 Å². The fourth-order valence-electron chi connectivity index (χ4n) is 3.19. The van der Waals surface area contributed by atoms with Crippen molar-refractivity contribution in [2.24, 2.45) is 0 Å². The van der Waals surface area contributed by atoms with Crippen molar-refractivity contribution >= 4 is 11.6 Å². The van der Waals surface area contributed by atoms with Crippen molar-refractivity contribution in [1.29, 1.82) is 0 Å². The molecule has 0 unspecified atom stereocenters. The standard InChI is InChI=1S/C19H20F2N2O/c1-12(16-8-7-15(20)11-17(16)21)22-13(2)19(24)23-10-9-14-5-3-4-6-18(14)23/h3-8,11-13,22H,9-10H2,1-2H3/t12-,13+/m1/s1. The third-order valence-electron chi connectivity index (χ3n) is 4.45. The van der Waals surface area contributed by atoms with Gasteiger partial charge in [-0.1, -0.05) is 24.3 Å². The first-order valence-electron chi connectivity index (χ1n) is 8.07. The van der Waals surface area contributed by atoms with Crippen LogP contribution in [0.2, 0.25) is 0 Å². The van der Waals surface area contributed by atoms with Crippen molar-refractivity contribution < 1.29 is 13.6 Å². The maximum atomic E-state index is 13.9. The number of benzene rings is 2. The number of hydrogen-bond acceptors (Lipinski definition) is 2. The van der Waals surface area contributed by atoms with E-state index in [4.69, 9.17) is 0 Å². The van der Waals surface area contributed by atoms with Gasteiger partial charge in [0, 0.05) is 29.9 Å². The van der Waals surface area contributed by atoms with Crippen molar-refractivity contribution in [3.05, 3.63) is 65.2 Å². The van der Waals surface area contributed by atoms with Gasteiger partial charge in [0.1, 0.15) is 11.6 Å². The zero-order chi connectivity index (χ0) is 17.3. The molecule has 0 radical (unpaired) electrons. The van der Waals surface area contributed by atoms with Gasteiger partial charge < -0.3 is 4.90 Å². The smallest absolute Gasteiger partial charge is 0.243 e. The molecule has 2 aromatic carbocycles. The summed E-state index contributed by atoms with van der Waals surface area (Å²) in [5, 5.41) is 3.11. The van der Waals surface area contributed by atoms with Gasteiger partial charge in [0.25, 0.3) is 0 Å². The van der Waals surface area contributed by atoms with Crippen LogP contribution in [-0.4, -0.2) is 18.5 Å². The summed E-state index contributed by atoms with van der Waals surface area (Å²) in [5.41, 5.74) is 2.45. The number of carbonyl (C=O) groups is 1. The molecule has 24 heavy (non-hydrogen) atoms. The van der Waals surface area contributed by atoms with Gasteiger partial charge in [-0.3, -0.25) is 10.1 Å². The highest BCUT2D eigenvalue weighted by molar-refractivity contribution is 5.98. The lowest BCUT2D eigenvalue weighted by atomic mass is 10.1. The summed E-state index contributed by atoms with van der Waals surface area (Å²) < 4.78 is 26.9. The third-order valence-corrected chi connectivity index (χ3v) is 4.45. The Kier molecular flexibility index (Phi) is 4.62. The Balaban J connectivity index is 1.71. The van der Waals surface area contributed by atoms with Crippen LogP contribution in [0, 0.1) is 11.6 Å². The highest BCUT2D eigenvalue weighted by Gasteiger charge is 2.28. The van der Waals surface area contributed by atoms with Gasteiger partial charge in [0.2, 0.25) is 5.91 Å². The molecule has 1 aliphatic heterocycles. The Bertz CT molecular complexity index is 763. The Morgan fingerprint density at radius 1 is 1.17 bits per heavy atom. The summed E-state index contributed by atoms with van der Waals surface area (Å²) in [4.78, 5) is 14.5. The van der Waals surface area contributed by atoms with Crippen molar-refractivity contribution in [2.75, 3.05) is 11.4 Å². The summed E-state index contributed by atoms with van der Waals surface area (Å²) in [7, 11) is 0. The van der Waals surface area contributed by atoms with Crippen LogP contribution >= 0.6 is 0 Å². The van der Waals surface area contributed by atoms with E-state index in [-0.39, 0.29) is 5.91 Å². The zero-order valence-corrected chi connectivity index (χ0v) is 13.7. The van der Waals surface area contributed by atoms with Gasteiger partial charge in [-0.25, -0.2) is 8.78 Å². The maximum Gasteiger partial charge on any atom is 0.243 e. The van der Waals surface area contributed by atoms with Gasteiger partial charge in [-0.15, -0.1) is 0 Å². The van der Waals surface area contributed by atoms with Crippen LogP contribution in [0.4, 0.5) is 14.5 Å². The normalized spacial score (nSPS) is 15.9. The summed E-state index contributed by atoms with van der Waals surface area (Å²) in [6.07, 6.45) is 0.844. The zero-order valence-electron chi connectivity index (χ0n) is 13.7. The molecule has 2 atom stereocenters. The average molecular weight is 330 g/mol. The number of nitrogens with zero attached hydrogens (tertiary/aromatic N) is 1. The van der Waals surface area contributed by atoms with E-state index in [1.54, 1.807) is 18.7 Å². The van der Waals surface area contributed by atoms with Crippen molar-refractivity contribution in [1.82, 2.24) is 5.32 Å². The maximum absolute atomic E-state index is 13.9. The first kappa shape index (κ1) is 16.6. The molecule has 0 saturated heterocycles. The molecule has 0 aromatic heterocycles. The highest BCUT2D eigenvalue weighted by Crippen LogP contribution is 2.28. The van der Waals surface area contributed by atoms with Crippen molar-refractivity contribution in [2.45, 2.75) is 32.4 Å². The van der Waals surface area contributed by atoms with Crippen LogP contribution in [-0.2, 0) is 11.2 Å². The molecule has 0 aliphatic carbocycles. The Morgan fingerprint density at radius 3 is 2.67 bits per heavy atom. The molecule has 3 rings (SSSR count). The molecule has 1 N–H and O–H groups in total. The van der Waals surface area contributed by atoms with Crippen LogP contribution in [0.3, 0.4) is 0 Å². The lowest BCUT2D eigenvalue weighted by molar-refractivity contribution is -0.120. The molecular weight excluding hydrogens is 310 g/mol. The number of fused-ring (bicyclic) bond motifs is 1. The van der Waals surface area contributed by atoms with Gasteiger partial charge in [0.05, 0.1) is 6.04 Å².